The van der Waals surface area contributed by atoms with E-state index in [1.807, 2.05) is 31.2 Å². The number of nitrogens with one attached hydrogen (secondary N) is 2. The average Bonchev–Trinajstić information content (AvgIpc) is 3.03. The maximum Gasteiger partial charge on any atom is 0.230 e. The first kappa shape index (κ1) is 17.6. The first-order valence-electron chi connectivity index (χ1n) is 8.39. The molecule has 0 bridgehead atoms. The van der Waals surface area contributed by atoms with E-state index in [0.717, 1.165) is 30.3 Å². The zero-order valence-corrected chi connectivity index (χ0v) is 15.1. The number of amides is 1. The van der Waals surface area contributed by atoms with Crippen LogP contribution >= 0.6 is 11.3 Å². The van der Waals surface area contributed by atoms with Crippen molar-refractivity contribution in [1.29, 1.82) is 0 Å². The second-order valence-corrected chi connectivity index (χ2v) is 7.02. The normalized spacial score (nSPS) is 14.0. The van der Waals surface area contributed by atoms with Crippen molar-refractivity contribution in [3.63, 3.8) is 0 Å². The monoisotopic (exact) mass is 358 g/mol. The van der Waals surface area contributed by atoms with Crippen LogP contribution in [0.5, 0.6) is 5.75 Å². The fourth-order valence-corrected chi connectivity index (χ4v) is 3.30. The van der Waals surface area contributed by atoms with Gasteiger partial charge in [-0.1, -0.05) is 35.1 Å². The lowest BCUT2D eigenvalue weighted by molar-refractivity contribution is -0.115. The topological polar surface area (TPSA) is 76.1 Å². The van der Waals surface area contributed by atoms with Crippen molar-refractivity contribution in [2.24, 2.45) is 0 Å². The Morgan fingerprint density at radius 1 is 1.40 bits per heavy atom. The van der Waals surface area contributed by atoms with E-state index in [9.17, 15) is 4.79 Å². The zero-order chi connectivity index (χ0) is 17.5. The van der Waals surface area contributed by atoms with Crippen molar-refractivity contribution in [3.8, 4) is 5.75 Å². The molecule has 1 aliphatic rings. The predicted molar refractivity (Wildman–Crippen MR) is 99.1 cm³/mol. The lowest BCUT2D eigenvalue weighted by Gasteiger charge is -2.12. The maximum absolute atomic E-state index is 12.1. The van der Waals surface area contributed by atoms with E-state index in [2.05, 4.69) is 26.9 Å². The summed E-state index contributed by atoms with van der Waals surface area (Å²) in [5.74, 6) is 0.820. The van der Waals surface area contributed by atoms with Gasteiger partial charge in [0, 0.05) is 19.4 Å². The number of hydrogen-bond acceptors (Lipinski definition) is 6. The third-order valence-corrected chi connectivity index (χ3v) is 4.73. The van der Waals surface area contributed by atoms with Gasteiger partial charge in [-0.25, -0.2) is 0 Å². The minimum absolute atomic E-state index is 0.0353. The summed E-state index contributed by atoms with van der Waals surface area (Å²) in [5, 5.41) is 15.6. The molecule has 3 rings (SSSR count). The number of aromatic nitrogens is 2. The molecule has 2 heterocycles. The Labute approximate surface area is 151 Å². The standard InChI is InChI=1S/C18H22N4O2S/c1-13-3-2-4-15(11-13)24-10-7-17-21-22-18(25-17)20-16(23)12-14-5-8-19-9-6-14/h2-5,11,19H,6-10,12H2,1H3,(H,20,22,23). The number of anilines is 1. The van der Waals surface area contributed by atoms with E-state index in [1.54, 1.807) is 0 Å². The molecule has 1 amide bonds. The van der Waals surface area contributed by atoms with Gasteiger partial charge in [0.2, 0.25) is 11.0 Å². The van der Waals surface area contributed by atoms with E-state index in [1.165, 1.54) is 22.5 Å². The van der Waals surface area contributed by atoms with Crippen LogP contribution in [0.15, 0.2) is 35.9 Å². The molecule has 0 saturated carbocycles. The van der Waals surface area contributed by atoms with E-state index in [-0.39, 0.29) is 5.91 Å². The molecule has 0 fully saturated rings. The Hall–Kier alpha value is -2.25. The van der Waals surface area contributed by atoms with Crippen LogP contribution in [0.1, 0.15) is 23.4 Å². The number of ether oxygens (including phenoxy) is 1. The van der Waals surface area contributed by atoms with Crippen molar-refractivity contribution in [2.45, 2.75) is 26.2 Å². The molecule has 7 heteroatoms. The molecule has 0 aliphatic carbocycles. The fraction of sp³-hybridized carbons (Fsp3) is 0.389. The minimum atomic E-state index is -0.0353. The van der Waals surface area contributed by atoms with Crippen LogP contribution in [0.3, 0.4) is 0 Å². The van der Waals surface area contributed by atoms with Gasteiger partial charge in [-0.05, 0) is 37.6 Å². The summed E-state index contributed by atoms with van der Waals surface area (Å²) in [4.78, 5) is 12.1. The van der Waals surface area contributed by atoms with Crippen LogP contribution in [0.2, 0.25) is 0 Å². The molecule has 2 aromatic rings. The van der Waals surface area contributed by atoms with Crippen molar-refractivity contribution < 1.29 is 9.53 Å². The second-order valence-electron chi connectivity index (χ2n) is 5.96. The van der Waals surface area contributed by atoms with Crippen LogP contribution in [0.25, 0.3) is 0 Å². The number of rotatable bonds is 7. The van der Waals surface area contributed by atoms with E-state index >= 15 is 0 Å². The Morgan fingerprint density at radius 2 is 2.32 bits per heavy atom. The number of hydrogen-bond donors (Lipinski definition) is 2. The summed E-state index contributed by atoms with van der Waals surface area (Å²) < 4.78 is 5.72. The van der Waals surface area contributed by atoms with Gasteiger partial charge in [0.1, 0.15) is 10.8 Å². The van der Waals surface area contributed by atoms with Crippen LogP contribution in [0, 0.1) is 6.92 Å². The molecule has 132 valence electrons. The lowest BCUT2D eigenvalue weighted by Crippen LogP contribution is -2.22. The molecule has 6 nitrogen and oxygen atoms in total. The third kappa shape index (κ3) is 5.65. The third-order valence-electron chi connectivity index (χ3n) is 3.83. The van der Waals surface area contributed by atoms with Gasteiger partial charge in [0.05, 0.1) is 6.61 Å². The number of nitrogens with zero attached hydrogens (tertiary/aromatic N) is 2. The Bertz CT molecular complexity index is 757. The van der Waals surface area contributed by atoms with Crippen LogP contribution < -0.4 is 15.4 Å². The highest BCUT2D eigenvalue weighted by atomic mass is 32.1. The highest BCUT2D eigenvalue weighted by Crippen LogP contribution is 2.18. The lowest BCUT2D eigenvalue weighted by atomic mass is 10.1. The molecule has 0 spiro atoms. The van der Waals surface area contributed by atoms with Crippen molar-refractivity contribution in [1.82, 2.24) is 15.5 Å². The molecule has 0 unspecified atom stereocenters. The van der Waals surface area contributed by atoms with Crippen LogP contribution in [0.4, 0.5) is 5.13 Å². The molecule has 0 saturated heterocycles. The molecule has 1 aromatic carbocycles. The first-order chi connectivity index (χ1) is 12.2. The number of carbonyl (C=O) groups excluding carboxylic acids is 1. The largest absolute Gasteiger partial charge is 0.493 e. The summed E-state index contributed by atoms with van der Waals surface area (Å²) in [7, 11) is 0. The molecule has 1 aromatic heterocycles. The van der Waals surface area contributed by atoms with Crippen LogP contribution in [-0.2, 0) is 11.2 Å². The highest BCUT2D eigenvalue weighted by molar-refractivity contribution is 7.15. The summed E-state index contributed by atoms with van der Waals surface area (Å²) in [6.45, 7) is 4.34. The van der Waals surface area contributed by atoms with Gasteiger partial charge in [0.15, 0.2) is 0 Å². The SMILES string of the molecule is Cc1cccc(OCCc2nnc(NC(=O)CC3=CCNCC3)s2)c1. The van der Waals surface area contributed by atoms with E-state index in [4.69, 9.17) is 4.74 Å². The number of carbonyl (C=O) groups is 1. The Morgan fingerprint density at radius 3 is 3.12 bits per heavy atom. The number of benzene rings is 1. The predicted octanol–water partition coefficient (Wildman–Crippen LogP) is 2.72. The second kappa shape index (κ2) is 8.73. The van der Waals surface area contributed by atoms with Gasteiger partial charge in [0.25, 0.3) is 0 Å². The molecular formula is C18H22N4O2S. The first-order valence-corrected chi connectivity index (χ1v) is 9.21. The average molecular weight is 358 g/mol. The molecular weight excluding hydrogens is 336 g/mol. The molecule has 2 N–H and O–H groups in total. The van der Waals surface area contributed by atoms with Crippen LogP contribution in [-0.4, -0.2) is 35.8 Å². The summed E-state index contributed by atoms with van der Waals surface area (Å²) in [6.07, 6.45) is 4.09. The van der Waals surface area contributed by atoms with Gasteiger partial charge in [-0.2, -0.15) is 0 Å². The summed E-state index contributed by atoms with van der Waals surface area (Å²) in [6, 6.07) is 7.95. The molecule has 25 heavy (non-hydrogen) atoms. The van der Waals surface area contributed by atoms with Gasteiger partial charge in [-0.3, -0.25) is 4.79 Å². The van der Waals surface area contributed by atoms with E-state index in [0.29, 0.717) is 24.6 Å². The van der Waals surface area contributed by atoms with E-state index < -0.39 is 0 Å². The highest BCUT2D eigenvalue weighted by Gasteiger charge is 2.12. The van der Waals surface area contributed by atoms with Gasteiger partial charge in [-0.15, -0.1) is 10.2 Å². The minimum Gasteiger partial charge on any atom is -0.493 e. The molecule has 0 radical (unpaired) electrons. The van der Waals surface area contributed by atoms with Gasteiger partial charge < -0.3 is 15.4 Å². The van der Waals surface area contributed by atoms with Gasteiger partial charge >= 0.3 is 0 Å². The van der Waals surface area contributed by atoms with Crippen molar-refractivity contribution in [2.75, 3.05) is 25.0 Å². The number of aryl methyl sites for hydroxylation is 1. The quantitative estimate of drug-likeness (QED) is 0.744. The van der Waals surface area contributed by atoms with Crippen molar-refractivity contribution in [3.05, 3.63) is 46.5 Å². The zero-order valence-electron chi connectivity index (χ0n) is 14.2. The molecule has 0 atom stereocenters. The fourth-order valence-electron chi connectivity index (χ4n) is 2.57. The van der Waals surface area contributed by atoms with Crippen molar-refractivity contribution >= 4 is 22.4 Å². The maximum atomic E-state index is 12.1. The summed E-state index contributed by atoms with van der Waals surface area (Å²) in [5.41, 5.74) is 2.34. The Balaban J connectivity index is 1.44. The summed E-state index contributed by atoms with van der Waals surface area (Å²) >= 11 is 1.40. The molecule has 1 aliphatic heterocycles. The Kier molecular flexibility index (Phi) is 6.14. The smallest absolute Gasteiger partial charge is 0.230 e.